The van der Waals surface area contributed by atoms with Crippen molar-refractivity contribution in [1.82, 2.24) is 0 Å². The number of rotatable bonds is 0. The Kier molecular flexibility index (Phi) is 0.914. The first-order valence-electron chi connectivity index (χ1n) is 4.33. The summed E-state index contributed by atoms with van der Waals surface area (Å²) in [4.78, 5) is 0. The van der Waals surface area contributed by atoms with E-state index in [-0.39, 0.29) is 0 Å². The second-order valence-corrected chi connectivity index (χ2v) is 5.10. The molecule has 0 bridgehead atoms. The monoisotopic (exact) mass is 137 g/mol. The molecule has 2 fully saturated rings. The lowest BCUT2D eigenvalue weighted by molar-refractivity contribution is 0.380. The predicted molar refractivity (Wildman–Crippen MR) is 43.5 cm³/mol. The van der Waals surface area contributed by atoms with Gasteiger partial charge in [0.05, 0.1) is 6.42 Å². The van der Waals surface area contributed by atoms with E-state index in [4.69, 9.17) is 0 Å². The Bertz CT molecular complexity index is 169. The summed E-state index contributed by atoms with van der Waals surface area (Å²) in [6.45, 7) is 9.52. The summed E-state index contributed by atoms with van der Waals surface area (Å²) in [5.41, 5.74) is 1.16. The van der Waals surface area contributed by atoms with Crippen LogP contribution in [0.3, 0.4) is 0 Å². The summed E-state index contributed by atoms with van der Waals surface area (Å²) in [5, 5.41) is 0. The highest BCUT2D eigenvalue weighted by atomic mass is 14.7. The Hall–Kier alpha value is -0.130. The minimum absolute atomic E-state index is 0.534. The first-order valence-corrected chi connectivity index (χ1v) is 4.33. The second kappa shape index (κ2) is 1.39. The molecule has 3 atom stereocenters. The van der Waals surface area contributed by atoms with Crippen molar-refractivity contribution in [2.24, 2.45) is 22.7 Å². The van der Waals surface area contributed by atoms with Gasteiger partial charge < -0.3 is 0 Å². The van der Waals surface area contributed by atoms with E-state index in [0.717, 1.165) is 11.8 Å². The van der Waals surface area contributed by atoms with E-state index in [0.29, 0.717) is 10.8 Å². The van der Waals surface area contributed by atoms with Crippen molar-refractivity contribution in [3.8, 4) is 0 Å². The van der Waals surface area contributed by atoms with Crippen LogP contribution in [0.1, 0.15) is 34.1 Å². The van der Waals surface area contributed by atoms with Gasteiger partial charge in [-0.1, -0.05) is 6.92 Å². The van der Waals surface area contributed by atoms with Gasteiger partial charge in [0.25, 0.3) is 0 Å². The average molecular weight is 137 g/mol. The highest BCUT2D eigenvalue weighted by molar-refractivity contribution is 5.23. The van der Waals surface area contributed by atoms with Gasteiger partial charge >= 0.3 is 0 Å². The summed E-state index contributed by atoms with van der Waals surface area (Å²) in [5.74, 6) is 1.99. The third kappa shape index (κ3) is 0.601. The molecule has 2 saturated carbocycles. The van der Waals surface area contributed by atoms with Crippen molar-refractivity contribution in [2.75, 3.05) is 0 Å². The molecule has 0 aliphatic heterocycles. The van der Waals surface area contributed by atoms with Crippen LogP contribution >= 0.6 is 0 Å². The molecule has 0 aromatic rings. The van der Waals surface area contributed by atoms with Gasteiger partial charge in [-0.15, -0.1) is 0 Å². The molecule has 0 aromatic heterocycles. The summed E-state index contributed by atoms with van der Waals surface area (Å²) >= 11 is 0. The van der Waals surface area contributed by atoms with Gasteiger partial charge in [0.15, 0.2) is 0 Å². The predicted octanol–water partition coefficient (Wildman–Crippen LogP) is 2.89. The van der Waals surface area contributed by atoms with E-state index in [1.807, 2.05) is 0 Å². The fourth-order valence-electron chi connectivity index (χ4n) is 2.97. The summed E-state index contributed by atoms with van der Waals surface area (Å²) in [6, 6.07) is 0. The Morgan fingerprint density at radius 2 is 1.90 bits per heavy atom. The van der Waals surface area contributed by atoms with Crippen molar-refractivity contribution in [3.63, 3.8) is 0 Å². The van der Waals surface area contributed by atoms with Gasteiger partial charge in [0.1, 0.15) is 10.8 Å². The van der Waals surface area contributed by atoms with Gasteiger partial charge in [-0.25, -0.2) is 0 Å². The van der Waals surface area contributed by atoms with Gasteiger partial charge in [0, 0.05) is 18.3 Å². The zero-order chi connectivity index (χ0) is 7.57. The third-order valence-electron chi connectivity index (χ3n) is 3.72. The van der Waals surface area contributed by atoms with Crippen LogP contribution in [0.2, 0.25) is 0 Å². The molecule has 0 amide bonds. The molecule has 56 valence electrons. The Labute approximate surface area is 64.0 Å². The maximum Gasteiger partial charge on any atom is 0.112 e. The molecule has 0 saturated heterocycles. The maximum absolute atomic E-state index is 2.58. The molecule has 0 heterocycles. The van der Waals surface area contributed by atoms with Crippen LogP contribution < -0.4 is 0 Å². The SMILES string of the molecule is CC1C2CC(C)(C)[CH+][C@]12C. The van der Waals surface area contributed by atoms with E-state index in [1.54, 1.807) is 0 Å². The molecule has 10 heavy (non-hydrogen) atoms. The van der Waals surface area contributed by atoms with Crippen LogP contribution in [0.15, 0.2) is 0 Å². The Morgan fingerprint density at radius 3 is 2.20 bits per heavy atom. The lowest BCUT2D eigenvalue weighted by atomic mass is 9.83. The number of hydrogen-bond donors (Lipinski definition) is 0. The molecule has 0 heteroatoms. The van der Waals surface area contributed by atoms with E-state index in [1.165, 1.54) is 6.42 Å². The van der Waals surface area contributed by atoms with Gasteiger partial charge in [-0.2, -0.15) is 0 Å². The lowest BCUT2D eigenvalue weighted by Crippen LogP contribution is -2.12. The van der Waals surface area contributed by atoms with Crippen molar-refractivity contribution < 1.29 is 0 Å². The Morgan fingerprint density at radius 1 is 1.30 bits per heavy atom. The van der Waals surface area contributed by atoms with Crippen molar-refractivity contribution in [3.05, 3.63) is 6.42 Å². The summed E-state index contributed by atoms with van der Waals surface area (Å²) in [6.07, 6.45) is 4.00. The normalized spacial score (nSPS) is 55.6. The molecule has 0 radical (unpaired) electrons. The van der Waals surface area contributed by atoms with Gasteiger partial charge in [-0.3, -0.25) is 0 Å². The third-order valence-corrected chi connectivity index (χ3v) is 3.72. The van der Waals surface area contributed by atoms with Crippen LogP contribution in [0, 0.1) is 29.1 Å². The quantitative estimate of drug-likeness (QED) is 0.450. The topological polar surface area (TPSA) is 0 Å². The molecule has 2 aliphatic rings. The number of fused-ring (bicyclic) bond motifs is 1. The number of hydrogen-bond acceptors (Lipinski definition) is 0. The molecule has 2 rings (SSSR count). The van der Waals surface area contributed by atoms with E-state index in [9.17, 15) is 0 Å². The van der Waals surface area contributed by atoms with Crippen LogP contribution in [0.4, 0.5) is 0 Å². The first kappa shape index (κ1) is 6.57. The fraction of sp³-hybridized carbons (Fsp3) is 0.900. The van der Waals surface area contributed by atoms with Crippen LogP contribution in [-0.4, -0.2) is 0 Å². The zero-order valence-corrected chi connectivity index (χ0v) is 7.44. The first-order chi connectivity index (χ1) is 4.46. The largest absolute Gasteiger partial charge is 0.112 e. The van der Waals surface area contributed by atoms with E-state index >= 15 is 0 Å². The van der Waals surface area contributed by atoms with Crippen LogP contribution in [0.25, 0.3) is 0 Å². The smallest absolute Gasteiger partial charge is 0.0574 e. The highest BCUT2D eigenvalue weighted by Crippen LogP contribution is 2.71. The molecule has 0 nitrogen and oxygen atoms in total. The molecular formula is C10H17+. The zero-order valence-electron chi connectivity index (χ0n) is 7.44. The standard InChI is InChI=1S/C10H17/c1-7-8-5-9(2,3)6-10(7,8)4/h6-8H,5H2,1-4H3/q+1/t7?,8?,10-/m1/s1. The summed E-state index contributed by atoms with van der Waals surface area (Å²) < 4.78 is 0. The van der Waals surface area contributed by atoms with E-state index < -0.39 is 0 Å². The second-order valence-electron chi connectivity index (χ2n) is 5.10. The molecular weight excluding hydrogens is 120 g/mol. The average Bonchev–Trinajstić information content (AvgIpc) is 2.20. The van der Waals surface area contributed by atoms with Crippen molar-refractivity contribution in [1.29, 1.82) is 0 Å². The van der Waals surface area contributed by atoms with Crippen molar-refractivity contribution in [2.45, 2.75) is 34.1 Å². The highest BCUT2D eigenvalue weighted by Gasteiger charge is 2.73. The van der Waals surface area contributed by atoms with E-state index in [2.05, 4.69) is 34.1 Å². The molecule has 0 N–H and O–H groups in total. The van der Waals surface area contributed by atoms with Crippen molar-refractivity contribution >= 4 is 0 Å². The molecule has 2 aliphatic carbocycles. The minimum Gasteiger partial charge on any atom is -0.0574 e. The Balaban J connectivity index is 2.15. The fourth-order valence-corrected chi connectivity index (χ4v) is 2.97. The maximum atomic E-state index is 2.58. The van der Waals surface area contributed by atoms with Crippen LogP contribution in [0.5, 0.6) is 0 Å². The molecule has 0 spiro atoms. The molecule has 0 aromatic carbocycles. The summed E-state index contributed by atoms with van der Waals surface area (Å²) in [7, 11) is 0. The van der Waals surface area contributed by atoms with Gasteiger partial charge in [-0.05, 0) is 20.8 Å². The molecule has 2 unspecified atom stereocenters. The van der Waals surface area contributed by atoms with Gasteiger partial charge in [0.2, 0.25) is 0 Å². The lowest BCUT2D eigenvalue weighted by Gasteiger charge is -2.12. The minimum atomic E-state index is 0.534. The van der Waals surface area contributed by atoms with Crippen LogP contribution in [-0.2, 0) is 0 Å².